The van der Waals surface area contributed by atoms with Gasteiger partial charge in [0.1, 0.15) is 5.15 Å². The summed E-state index contributed by atoms with van der Waals surface area (Å²) in [4.78, 5) is 28.1. The Bertz CT molecular complexity index is 437. The van der Waals surface area contributed by atoms with Crippen LogP contribution in [0.3, 0.4) is 0 Å². The first-order valence-corrected chi connectivity index (χ1v) is 5.74. The van der Waals surface area contributed by atoms with E-state index >= 15 is 0 Å². The van der Waals surface area contributed by atoms with E-state index in [9.17, 15) is 9.59 Å². The second kappa shape index (κ2) is 6.80. The van der Waals surface area contributed by atoms with Gasteiger partial charge in [0.05, 0.1) is 5.56 Å². The van der Waals surface area contributed by atoms with E-state index in [1.165, 1.54) is 11.1 Å². The quantitative estimate of drug-likeness (QED) is 0.626. The number of urea groups is 1. The van der Waals surface area contributed by atoms with E-state index in [-0.39, 0.29) is 17.1 Å². The molecule has 1 heterocycles. The summed E-state index contributed by atoms with van der Waals surface area (Å²) in [5.74, 6) is -0.313. The number of aromatic nitrogens is 1. The average Bonchev–Trinajstić information content (AvgIpc) is 2.34. The highest BCUT2D eigenvalue weighted by atomic mass is 35.5. The third-order valence-electron chi connectivity index (χ3n) is 2.10. The van der Waals surface area contributed by atoms with Crippen molar-refractivity contribution in [1.29, 1.82) is 0 Å². The summed E-state index contributed by atoms with van der Waals surface area (Å²) in [6, 6.07) is 3.01. The predicted molar refractivity (Wildman–Crippen MR) is 68.7 cm³/mol. The van der Waals surface area contributed by atoms with Crippen LogP contribution in [0.1, 0.15) is 10.4 Å². The zero-order valence-electron chi connectivity index (χ0n) is 10.2. The van der Waals surface area contributed by atoms with Crippen molar-refractivity contribution in [1.82, 2.24) is 20.5 Å². The Morgan fingerprint density at radius 3 is 2.61 bits per heavy atom. The zero-order valence-corrected chi connectivity index (χ0v) is 11.0. The first-order valence-electron chi connectivity index (χ1n) is 5.36. The van der Waals surface area contributed by atoms with E-state index in [2.05, 4.69) is 15.6 Å². The van der Waals surface area contributed by atoms with Crippen molar-refractivity contribution in [3.8, 4) is 0 Å². The number of rotatable bonds is 4. The van der Waals surface area contributed by atoms with Crippen molar-refractivity contribution in [2.75, 3.05) is 27.2 Å². The Labute approximate surface area is 110 Å². The van der Waals surface area contributed by atoms with Crippen LogP contribution in [0.5, 0.6) is 0 Å². The number of halogens is 1. The molecule has 0 bridgehead atoms. The molecule has 1 rings (SSSR count). The molecule has 3 amide bonds. The number of carbonyl (C=O) groups is 2. The van der Waals surface area contributed by atoms with E-state index in [1.807, 2.05) is 0 Å². The third kappa shape index (κ3) is 4.21. The van der Waals surface area contributed by atoms with Gasteiger partial charge in [0.15, 0.2) is 0 Å². The molecule has 0 spiro atoms. The number of nitrogens with one attached hydrogen (secondary N) is 2. The molecule has 1 aromatic heterocycles. The van der Waals surface area contributed by atoms with E-state index in [0.29, 0.717) is 18.7 Å². The molecule has 0 atom stereocenters. The predicted octanol–water partition coefficient (Wildman–Crippen LogP) is 0.736. The maximum atomic E-state index is 11.7. The second-order valence-corrected chi connectivity index (χ2v) is 4.08. The molecule has 18 heavy (non-hydrogen) atoms. The van der Waals surface area contributed by atoms with Gasteiger partial charge in [-0.25, -0.2) is 9.78 Å². The molecule has 0 fully saturated rings. The van der Waals surface area contributed by atoms with Crippen LogP contribution in [0, 0.1) is 0 Å². The molecule has 0 saturated heterocycles. The fourth-order valence-corrected chi connectivity index (χ4v) is 1.36. The molecule has 0 saturated carbocycles. The first-order chi connectivity index (χ1) is 8.52. The minimum Gasteiger partial charge on any atom is -0.350 e. The minimum absolute atomic E-state index is 0.160. The van der Waals surface area contributed by atoms with Crippen molar-refractivity contribution < 1.29 is 9.59 Å². The lowest BCUT2D eigenvalue weighted by Gasteiger charge is -2.12. The molecule has 6 nitrogen and oxygen atoms in total. The summed E-state index contributed by atoms with van der Waals surface area (Å²) in [6.45, 7) is 0.671. The number of nitrogens with zero attached hydrogens (tertiary/aromatic N) is 2. The first kappa shape index (κ1) is 14.2. The van der Waals surface area contributed by atoms with Gasteiger partial charge in [-0.3, -0.25) is 4.79 Å². The van der Waals surface area contributed by atoms with Gasteiger partial charge < -0.3 is 15.5 Å². The number of hydrogen-bond acceptors (Lipinski definition) is 3. The molecule has 98 valence electrons. The molecular weight excluding hydrogens is 256 g/mol. The zero-order chi connectivity index (χ0) is 13.5. The van der Waals surface area contributed by atoms with Crippen LogP contribution < -0.4 is 10.6 Å². The number of pyridine rings is 1. The monoisotopic (exact) mass is 270 g/mol. The summed E-state index contributed by atoms with van der Waals surface area (Å²) < 4.78 is 0. The largest absolute Gasteiger partial charge is 0.350 e. The maximum absolute atomic E-state index is 11.7. The molecule has 0 aliphatic carbocycles. The van der Waals surface area contributed by atoms with E-state index < -0.39 is 0 Å². The highest BCUT2D eigenvalue weighted by Gasteiger charge is 2.09. The number of hydrogen-bond donors (Lipinski definition) is 2. The fraction of sp³-hybridized carbons (Fsp3) is 0.364. The smallest absolute Gasteiger partial charge is 0.316 e. The van der Waals surface area contributed by atoms with Gasteiger partial charge in [0, 0.05) is 33.4 Å². The van der Waals surface area contributed by atoms with Crippen molar-refractivity contribution in [2.24, 2.45) is 0 Å². The molecule has 0 radical (unpaired) electrons. The van der Waals surface area contributed by atoms with Crippen LogP contribution in [0.2, 0.25) is 5.15 Å². The highest BCUT2D eigenvalue weighted by molar-refractivity contribution is 6.32. The second-order valence-electron chi connectivity index (χ2n) is 3.72. The fourth-order valence-electron chi connectivity index (χ4n) is 1.15. The van der Waals surface area contributed by atoms with Crippen LogP contribution in [-0.2, 0) is 0 Å². The third-order valence-corrected chi connectivity index (χ3v) is 2.40. The Morgan fingerprint density at radius 2 is 2.00 bits per heavy atom. The van der Waals surface area contributed by atoms with Gasteiger partial charge in [-0.05, 0) is 12.1 Å². The molecule has 0 unspecified atom stereocenters. The molecule has 7 heteroatoms. The van der Waals surface area contributed by atoms with Gasteiger partial charge in [0.25, 0.3) is 5.91 Å². The highest BCUT2D eigenvalue weighted by Crippen LogP contribution is 2.10. The molecule has 2 N–H and O–H groups in total. The molecule has 0 aromatic carbocycles. The Hall–Kier alpha value is -1.82. The molecule has 0 aliphatic rings. The minimum atomic E-state index is -0.313. The summed E-state index contributed by atoms with van der Waals surface area (Å²) in [6.07, 6.45) is 1.51. The van der Waals surface area contributed by atoms with E-state index in [4.69, 9.17) is 11.6 Å². The van der Waals surface area contributed by atoms with Gasteiger partial charge >= 0.3 is 6.03 Å². The summed E-state index contributed by atoms with van der Waals surface area (Å²) in [5.41, 5.74) is 0.318. The topological polar surface area (TPSA) is 74.3 Å². The van der Waals surface area contributed by atoms with Crippen molar-refractivity contribution in [2.45, 2.75) is 0 Å². The molecule has 0 aliphatic heterocycles. The van der Waals surface area contributed by atoms with Crippen molar-refractivity contribution in [3.63, 3.8) is 0 Å². The summed E-state index contributed by atoms with van der Waals surface area (Å²) in [5, 5.41) is 5.42. The van der Waals surface area contributed by atoms with Gasteiger partial charge in [-0.15, -0.1) is 0 Å². The van der Waals surface area contributed by atoms with Gasteiger partial charge in [-0.1, -0.05) is 11.6 Å². The lowest BCUT2D eigenvalue weighted by molar-refractivity contribution is 0.0953. The Morgan fingerprint density at radius 1 is 1.33 bits per heavy atom. The van der Waals surface area contributed by atoms with Crippen LogP contribution in [0.4, 0.5) is 4.79 Å². The Kier molecular flexibility index (Phi) is 5.38. The van der Waals surface area contributed by atoms with Crippen LogP contribution in [0.25, 0.3) is 0 Å². The van der Waals surface area contributed by atoms with Crippen molar-refractivity contribution >= 4 is 23.5 Å². The van der Waals surface area contributed by atoms with E-state index in [1.54, 1.807) is 26.2 Å². The maximum Gasteiger partial charge on any atom is 0.316 e. The van der Waals surface area contributed by atoms with Gasteiger partial charge in [0.2, 0.25) is 0 Å². The number of amides is 3. The van der Waals surface area contributed by atoms with Crippen LogP contribution >= 0.6 is 11.6 Å². The average molecular weight is 271 g/mol. The van der Waals surface area contributed by atoms with Crippen LogP contribution in [0.15, 0.2) is 18.3 Å². The molecule has 1 aromatic rings. The molecular formula is C11H15ClN4O2. The van der Waals surface area contributed by atoms with Crippen LogP contribution in [-0.4, -0.2) is 49.0 Å². The Balaban J connectivity index is 2.35. The standard InChI is InChI=1S/C11H15ClN4O2/c1-16(2)11(18)15-7-6-14-10(17)8-4-3-5-13-9(8)12/h3-5H,6-7H2,1-2H3,(H,14,17)(H,15,18). The van der Waals surface area contributed by atoms with Gasteiger partial charge in [-0.2, -0.15) is 0 Å². The lowest BCUT2D eigenvalue weighted by Crippen LogP contribution is -2.39. The lowest BCUT2D eigenvalue weighted by atomic mass is 10.2. The van der Waals surface area contributed by atoms with Crippen molar-refractivity contribution in [3.05, 3.63) is 29.0 Å². The SMILES string of the molecule is CN(C)C(=O)NCCNC(=O)c1cccnc1Cl. The normalized spacial score (nSPS) is 9.72. The summed E-state index contributed by atoms with van der Waals surface area (Å²) >= 11 is 5.78. The van der Waals surface area contributed by atoms with E-state index in [0.717, 1.165) is 0 Å². The summed E-state index contributed by atoms with van der Waals surface area (Å²) in [7, 11) is 3.28. The number of carbonyl (C=O) groups excluding carboxylic acids is 2.